The van der Waals surface area contributed by atoms with Crippen LogP contribution in [0.2, 0.25) is 0 Å². The lowest BCUT2D eigenvalue weighted by atomic mass is 10.2. The van der Waals surface area contributed by atoms with E-state index in [9.17, 15) is 4.79 Å². The summed E-state index contributed by atoms with van der Waals surface area (Å²) < 4.78 is 10.9. The Morgan fingerprint density at radius 1 is 1.12 bits per heavy atom. The van der Waals surface area contributed by atoms with Crippen LogP contribution in [0.4, 0.5) is 0 Å². The van der Waals surface area contributed by atoms with Gasteiger partial charge in [-0.05, 0) is 24.6 Å². The van der Waals surface area contributed by atoms with Crippen LogP contribution in [0.15, 0.2) is 48.5 Å². The topological polar surface area (TPSA) is 73.6 Å². The first kappa shape index (κ1) is 20.0. The molecule has 1 atom stereocenters. The van der Waals surface area contributed by atoms with Crippen molar-refractivity contribution >= 4 is 18.3 Å². The van der Waals surface area contributed by atoms with Crippen molar-refractivity contribution in [3.05, 3.63) is 59.7 Å². The predicted molar refractivity (Wildman–Crippen MR) is 96.6 cm³/mol. The lowest BCUT2D eigenvalue weighted by Gasteiger charge is -2.15. The second-order valence-corrected chi connectivity index (χ2v) is 5.25. The van der Waals surface area contributed by atoms with Crippen molar-refractivity contribution in [1.82, 2.24) is 5.32 Å². The summed E-state index contributed by atoms with van der Waals surface area (Å²) in [5, 5.41) is 2.80. The van der Waals surface area contributed by atoms with Crippen LogP contribution in [0.3, 0.4) is 0 Å². The van der Waals surface area contributed by atoms with E-state index < -0.39 is 6.04 Å². The number of carbonyl (C=O) groups excluding carboxylic acids is 1. The third-order valence-corrected chi connectivity index (χ3v) is 3.42. The average molecular weight is 351 g/mol. The van der Waals surface area contributed by atoms with Crippen LogP contribution >= 0.6 is 12.4 Å². The smallest absolute Gasteiger partial charge is 0.239 e. The molecular formula is C18H23ClN2O3. The Labute approximate surface area is 148 Å². The SMILES string of the molecule is COCC(N)C(=O)NCc1ccccc1Oc1ccccc1C.Cl. The molecule has 1 amide bonds. The molecule has 0 aliphatic heterocycles. The molecule has 24 heavy (non-hydrogen) atoms. The van der Waals surface area contributed by atoms with E-state index in [1.165, 1.54) is 7.11 Å². The number of methoxy groups -OCH3 is 1. The minimum absolute atomic E-state index is 0. The number of nitrogens with two attached hydrogens (primary N) is 1. The molecule has 1 unspecified atom stereocenters. The summed E-state index contributed by atoms with van der Waals surface area (Å²) in [6.07, 6.45) is 0. The Bertz CT molecular complexity index is 664. The zero-order chi connectivity index (χ0) is 16.7. The first-order valence-electron chi connectivity index (χ1n) is 7.45. The molecule has 2 rings (SSSR count). The van der Waals surface area contributed by atoms with E-state index in [-0.39, 0.29) is 24.9 Å². The molecule has 6 heteroatoms. The molecule has 0 spiro atoms. The number of rotatable bonds is 7. The number of carbonyl (C=O) groups is 1. The molecule has 3 N–H and O–H groups in total. The normalized spacial score (nSPS) is 11.3. The third kappa shape index (κ3) is 5.53. The van der Waals surface area contributed by atoms with Gasteiger partial charge in [0.2, 0.25) is 5.91 Å². The summed E-state index contributed by atoms with van der Waals surface area (Å²) in [5.41, 5.74) is 7.64. The van der Waals surface area contributed by atoms with E-state index in [0.717, 1.165) is 16.9 Å². The Morgan fingerprint density at radius 2 is 1.75 bits per heavy atom. The first-order valence-corrected chi connectivity index (χ1v) is 7.45. The number of benzene rings is 2. The van der Waals surface area contributed by atoms with Gasteiger partial charge in [0, 0.05) is 19.2 Å². The van der Waals surface area contributed by atoms with Crippen LogP contribution in [-0.2, 0) is 16.1 Å². The molecule has 0 heterocycles. The van der Waals surface area contributed by atoms with Gasteiger partial charge in [-0.1, -0.05) is 36.4 Å². The number of hydrogen-bond acceptors (Lipinski definition) is 4. The maximum absolute atomic E-state index is 11.9. The molecule has 0 saturated carbocycles. The molecule has 2 aromatic rings. The maximum Gasteiger partial charge on any atom is 0.239 e. The first-order chi connectivity index (χ1) is 11.1. The van der Waals surface area contributed by atoms with Crippen molar-refractivity contribution in [2.45, 2.75) is 19.5 Å². The molecule has 0 aromatic heterocycles. The van der Waals surface area contributed by atoms with E-state index in [1.807, 2.05) is 55.5 Å². The molecule has 0 aliphatic rings. The fraction of sp³-hybridized carbons (Fsp3) is 0.278. The highest BCUT2D eigenvalue weighted by molar-refractivity contribution is 5.85. The second-order valence-electron chi connectivity index (χ2n) is 5.25. The summed E-state index contributed by atoms with van der Waals surface area (Å²) in [6, 6.07) is 14.7. The summed E-state index contributed by atoms with van der Waals surface area (Å²) >= 11 is 0. The molecule has 0 aliphatic carbocycles. The highest BCUT2D eigenvalue weighted by atomic mass is 35.5. The summed E-state index contributed by atoms with van der Waals surface area (Å²) in [4.78, 5) is 11.9. The zero-order valence-corrected chi connectivity index (χ0v) is 14.6. The monoisotopic (exact) mass is 350 g/mol. The van der Waals surface area contributed by atoms with E-state index in [1.54, 1.807) is 0 Å². The molecule has 0 saturated heterocycles. The van der Waals surface area contributed by atoms with Crippen molar-refractivity contribution in [2.24, 2.45) is 5.73 Å². The number of nitrogens with one attached hydrogen (secondary N) is 1. The van der Waals surface area contributed by atoms with Crippen molar-refractivity contribution in [3.8, 4) is 11.5 Å². The minimum atomic E-state index is -0.676. The number of ether oxygens (including phenoxy) is 2. The fourth-order valence-corrected chi connectivity index (χ4v) is 2.11. The van der Waals surface area contributed by atoms with E-state index in [4.69, 9.17) is 15.2 Å². The Morgan fingerprint density at radius 3 is 2.42 bits per heavy atom. The zero-order valence-electron chi connectivity index (χ0n) is 13.8. The minimum Gasteiger partial charge on any atom is -0.457 e. The van der Waals surface area contributed by atoms with E-state index >= 15 is 0 Å². The molecule has 130 valence electrons. The highest BCUT2D eigenvalue weighted by Gasteiger charge is 2.13. The van der Waals surface area contributed by atoms with Gasteiger partial charge < -0.3 is 20.5 Å². The lowest BCUT2D eigenvalue weighted by Crippen LogP contribution is -2.43. The van der Waals surface area contributed by atoms with Crippen LogP contribution < -0.4 is 15.8 Å². The Kier molecular flexibility index (Phi) is 8.26. The van der Waals surface area contributed by atoms with Gasteiger partial charge in [-0.25, -0.2) is 0 Å². The Hall–Kier alpha value is -2.08. The molecule has 5 nitrogen and oxygen atoms in total. The van der Waals surface area contributed by atoms with Gasteiger partial charge in [-0.15, -0.1) is 12.4 Å². The number of aryl methyl sites for hydroxylation is 1. The van der Waals surface area contributed by atoms with Gasteiger partial charge in [0.25, 0.3) is 0 Å². The number of halogens is 1. The van der Waals surface area contributed by atoms with E-state index in [2.05, 4.69) is 5.32 Å². The number of hydrogen-bond donors (Lipinski definition) is 2. The lowest BCUT2D eigenvalue weighted by molar-refractivity contribution is -0.123. The van der Waals surface area contributed by atoms with Crippen LogP contribution in [0.1, 0.15) is 11.1 Å². The third-order valence-electron chi connectivity index (χ3n) is 3.42. The second kappa shape index (κ2) is 9.93. The van der Waals surface area contributed by atoms with Gasteiger partial charge in [-0.3, -0.25) is 4.79 Å². The summed E-state index contributed by atoms with van der Waals surface area (Å²) in [5.74, 6) is 1.25. The van der Waals surface area contributed by atoms with Crippen LogP contribution in [0.5, 0.6) is 11.5 Å². The summed E-state index contributed by atoms with van der Waals surface area (Å²) in [6.45, 7) is 2.52. The van der Waals surface area contributed by atoms with Crippen LogP contribution in [-0.4, -0.2) is 25.7 Å². The molecule has 0 radical (unpaired) electrons. The highest BCUT2D eigenvalue weighted by Crippen LogP contribution is 2.27. The molecular weight excluding hydrogens is 328 g/mol. The van der Waals surface area contributed by atoms with Gasteiger partial charge >= 0.3 is 0 Å². The van der Waals surface area contributed by atoms with Crippen molar-refractivity contribution in [3.63, 3.8) is 0 Å². The standard InChI is InChI=1S/C18H22N2O3.ClH/c1-13-7-3-5-9-16(13)23-17-10-6-4-8-14(17)11-20-18(21)15(19)12-22-2;/h3-10,15H,11-12,19H2,1-2H3,(H,20,21);1H. The van der Waals surface area contributed by atoms with Crippen molar-refractivity contribution in [2.75, 3.05) is 13.7 Å². The fourth-order valence-electron chi connectivity index (χ4n) is 2.11. The molecule has 0 fully saturated rings. The molecule has 2 aromatic carbocycles. The van der Waals surface area contributed by atoms with Gasteiger partial charge in [0.05, 0.1) is 6.61 Å². The average Bonchev–Trinajstić information content (AvgIpc) is 2.56. The number of amides is 1. The van der Waals surface area contributed by atoms with Crippen LogP contribution in [0, 0.1) is 6.92 Å². The number of para-hydroxylation sites is 2. The Balaban J connectivity index is 0.00000288. The van der Waals surface area contributed by atoms with Gasteiger partial charge in [-0.2, -0.15) is 0 Å². The van der Waals surface area contributed by atoms with Crippen molar-refractivity contribution < 1.29 is 14.3 Å². The largest absolute Gasteiger partial charge is 0.457 e. The van der Waals surface area contributed by atoms with Crippen molar-refractivity contribution in [1.29, 1.82) is 0 Å². The van der Waals surface area contributed by atoms with Gasteiger partial charge in [0.15, 0.2) is 0 Å². The molecule has 0 bridgehead atoms. The van der Waals surface area contributed by atoms with Crippen LogP contribution in [0.25, 0.3) is 0 Å². The predicted octanol–water partition coefficient (Wildman–Crippen LogP) is 2.80. The van der Waals surface area contributed by atoms with Gasteiger partial charge in [0.1, 0.15) is 17.5 Å². The maximum atomic E-state index is 11.9. The summed E-state index contributed by atoms with van der Waals surface area (Å²) in [7, 11) is 1.51. The van der Waals surface area contributed by atoms with E-state index in [0.29, 0.717) is 12.3 Å². The quantitative estimate of drug-likeness (QED) is 0.805.